The zero-order chi connectivity index (χ0) is 56.1. The van der Waals surface area contributed by atoms with Gasteiger partial charge in [0.1, 0.15) is 47.7 Å². The predicted octanol–water partition coefficient (Wildman–Crippen LogP) is 16.2. The Morgan fingerprint density at radius 3 is 0.974 bits per heavy atom. The van der Waals surface area contributed by atoms with Gasteiger partial charge >= 0.3 is 17.9 Å². The summed E-state index contributed by atoms with van der Waals surface area (Å²) < 4.78 is 36.7. The molecule has 0 aromatic heterocycles. The van der Waals surface area contributed by atoms with Gasteiger partial charge in [-0.05, 0) is 173 Å². The van der Waals surface area contributed by atoms with Gasteiger partial charge in [-0.25, -0.2) is 14.4 Å². The molecule has 0 aliphatic rings. The summed E-state index contributed by atoms with van der Waals surface area (Å²) in [6.45, 7) is 13.7. The minimum Gasteiger partial charge on any atom is -0.497 e. The largest absolute Gasteiger partial charge is 0.497 e. The Morgan fingerprint density at radius 2 is 0.641 bits per heavy atom. The van der Waals surface area contributed by atoms with E-state index in [1.54, 1.807) is 39.6 Å². The summed E-state index contributed by atoms with van der Waals surface area (Å²) in [5, 5.41) is 0. The Labute approximate surface area is 461 Å². The maximum Gasteiger partial charge on any atom is 0.336 e. The van der Waals surface area contributed by atoms with Crippen molar-refractivity contribution in [3.8, 4) is 45.6 Å². The van der Waals surface area contributed by atoms with Crippen LogP contribution in [0.25, 0.3) is 29.4 Å². The summed E-state index contributed by atoms with van der Waals surface area (Å²) in [6, 6.07) is 54.3. The van der Waals surface area contributed by atoms with Crippen molar-refractivity contribution in [3.63, 3.8) is 0 Å². The molecule has 3 atom stereocenters. The van der Waals surface area contributed by atoms with E-state index in [4.69, 9.17) is 33.2 Å². The number of methoxy groups -OCH3 is 3. The van der Waals surface area contributed by atoms with Crippen LogP contribution in [0.4, 0.5) is 0 Å². The molecule has 3 unspecified atom stereocenters. The van der Waals surface area contributed by atoms with E-state index in [0.717, 1.165) is 70.1 Å². The second-order valence-corrected chi connectivity index (χ2v) is 18.4. The molecule has 0 saturated heterocycles. The highest BCUT2D eigenvalue weighted by Crippen LogP contribution is 2.27. The van der Waals surface area contributed by atoms with Crippen molar-refractivity contribution in [1.82, 2.24) is 0 Å². The van der Waals surface area contributed by atoms with E-state index in [0.29, 0.717) is 35.9 Å². The lowest BCUT2D eigenvalue weighted by atomic mass is 9.96. The molecule has 0 N–H and O–H groups in total. The molecule has 0 radical (unpaired) electrons. The minimum atomic E-state index is -0.411. The van der Waals surface area contributed by atoms with E-state index in [1.165, 1.54) is 34.9 Å². The van der Waals surface area contributed by atoms with Crippen LogP contribution in [0.3, 0.4) is 0 Å². The molecule has 0 saturated carbocycles. The molecule has 406 valence electrons. The zero-order valence-corrected chi connectivity index (χ0v) is 46.5. The van der Waals surface area contributed by atoms with Crippen LogP contribution in [-0.4, -0.2) is 52.5 Å². The van der Waals surface area contributed by atoms with Crippen LogP contribution in [0.2, 0.25) is 0 Å². The molecule has 0 fully saturated rings. The molecule has 10 heteroatoms. The number of rotatable bonds is 22. The average molecular weight is 1050 g/mol. The normalized spacial score (nSPS) is 12.0. The summed E-state index contributed by atoms with van der Waals surface area (Å²) >= 11 is 0. The minimum absolute atomic E-state index is 0.207. The quantitative estimate of drug-likeness (QED) is 0.0281. The van der Waals surface area contributed by atoms with Gasteiger partial charge in [0, 0.05) is 18.2 Å². The Hall–Kier alpha value is -8.63. The van der Waals surface area contributed by atoms with Crippen LogP contribution >= 0.6 is 0 Å². The van der Waals surface area contributed by atoms with Crippen molar-refractivity contribution in [2.75, 3.05) is 34.5 Å². The van der Waals surface area contributed by atoms with Crippen molar-refractivity contribution < 1.29 is 47.5 Å². The van der Waals surface area contributed by atoms with Gasteiger partial charge in [-0.3, -0.25) is 0 Å². The molecule has 7 aromatic carbocycles. The third-order valence-corrected chi connectivity index (χ3v) is 13.0. The van der Waals surface area contributed by atoms with Gasteiger partial charge in [-0.15, -0.1) is 0 Å². The van der Waals surface area contributed by atoms with E-state index in [1.807, 2.05) is 133 Å². The molecular formula is C68H74O10. The lowest BCUT2D eigenvalue weighted by molar-refractivity contribution is -0.138. The van der Waals surface area contributed by atoms with Gasteiger partial charge in [-0.2, -0.15) is 0 Å². The summed E-state index contributed by atoms with van der Waals surface area (Å²) in [5.41, 5.74) is 8.86. The van der Waals surface area contributed by atoms with Crippen LogP contribution in [0.1, 0.15) is 112 Å². The fraction of sp³-hybridized carbons (Fsp3) is 0.250. The highest BCUT2D eigenvalue weighted by atomic mass is 16.6. The lowest BCUT2D eigenvalue weighted by Crippen LogP contribution is -2.10. The van der Waals surface area contributed by atoms with Crippen molar-refractivity contribution in [1.29, 1.82) is 0 Å². The van der Waals surface area contributed by atoms with Crippen molar-refractivity contribution in [3.05, 3.63) is 221 Å². The standard InChI is InChI=1S/C26H26O3.C22H26O4.C20H22O3/c1-4-19(2)21-8-10-22(11-9-21)23-12-16-25(17-13-23)29-26(27)18-7-20-5-14-24(28-3)15-6-20;1-4-17(2)19-8-12-21(13-9-19)25-15-16-26-22(23)14-7-18-5-10-20(24-3)11-6-18;1-4-15(2)17-8-12-19(13-9-17)23-20(21)14-7-16-5-10-18(22-3)11-6-16/h5-19H,4H2,1-3H3;5-14,17H,4,15-16H2,1-3H3;5-15H,4H2,1-3H3/b18-7+;2*14-7+. The molecule has 7 aromatic rings. The van der Waals surface area contributed by atoms with Gasteiger partial charge in [0.05, 0.1) is 21.3 Å². The third-order valence-electron chi connectivity index (χ3n) is 13.0. The second-order valence-electron chi connectivity index (χ2n) is 18.4. The second kappa shape index (κ2) is 32.7. The molecule has 7 rings (SSSR count). The first-order valence-electron chi connectivity index (χ1n) is 26.4. The van der Waals surface area contributed by atoms with E-state index in [-0.39, 0.29) is 6.61 Å². The fourth-order valence-electron chi connectivity index (χ4n) is 7.47. The Bertz CT molecular complexity index is 2960. The molecule has 0 spiro atoms. The molecule has 0 amide bonds. The summed E-state index contributed by atoms with van der Waals surface area (Å²) in [5.74, 6) is 4.62. The van der Waals surface area contributed by atoms with Crippen molar-refractivity contribution in [2.24, 2.45) is 0 Å². The number of benzene rings is 7. The summed E-state index contributed by atoms with van der Waals surface area (Å²) in [7, 11) is 4.86. The maximum atomic E-state index is 12.1. The third kappa shape index (κ3) is 20.8. The predicted molar refractivity (Wildman–Crippen MR) is 315 cm³/mol. The van der Waals surface area contributed by atoms with E-state index in [2.05, 4.69) is 77.9 Å². The SMILES string of the molecule is CCC(C)c1ccc(-c2ccc(OC(=O)/C=C/c3ccc(OC)cc3)cc2)cc1.CCC(C)c1ccc(OC(=O)/C=C/c2ccc(OC)cc2)cc1.CCC(C)c1ccc(OCCOC(=O)/C=C/c2ccc(OC)cc2)cc1. The number of esters is 3. The first-order valence-corrected chi connectivity index (χ1v) is 26.4. The van der Waals surface area contributed by atoms with Gasteiger partial charge in [-0.1, -0.05) is 139 Å². The van der Waals surface area contributed by atoms with Crippen molar-refractivity contribution >= 4 is 36.1 Å². The van der Waals surface area contributed by atoms with E-state index < -0.39 is 17.9 Å². The van der Waals surface area contributed by atoms with E-state index in [9.17, 15) is 14.4 Å². The number of carbonyl (C=O) groups is 3. The number of hydrogen-bond acceptors (Lipinski definition) is 10. The molecule has 10 nitrogen and oxygen atoms in total. The van der Waals surface area contributed by atoms with Crippen LogP contribution in [-0.2, 0) is 19.1 Å². The van der Waals surface area contributed by atoms with Gasteiger partial charge < -0.3 is 33.2 Å². The smallest absolute Gasteiger partial charge is 0.336 e. The summed E-state index contributed by atoms with van der Waals surface area (Å²) in [4.78, 5) is 35.6. The number of hydrogen-bond donors (Lipinski definition) is 0. The van der Waals surface area contributed by atoms with Crippen LogP contribution < -0.4 is 28.4 Å². The molecule has 0 heterocycles. The summed E-state index contributed by atoms with van der Waals surface area (Å²) in [6.07, 6.45) is 12.7. The Kier molecular flexibility index (Phi) is 25.3. The molecule has 0 bridgehead atoms. The zero-order valence-electron chi connectivity index (χ0n) is 46.5. The van der Waals surface area contributed by atoms with E-state index >= 15 is 0 Å². The highest BCUT2D eigenvalue weighted by molar-refractivity contribution is 5.89. The van der Waals surface area contributed by atoms with Gasteiger partial charge in [0.15, 0.2) is 0 Å². The first-order chi connectivity index (χ1) is 37.8. The number of ether oxygens (including phenoxy) is 7. The molecule has 78 heavy (non-hydrogen) atoms. The van der Waals surface area contributed by atoms with Gasteiger partial charge in [0.25, 0.3) is 0 Å². The first kappa shape index (κ1) is 60.2. The average Bonchev–Trinajstić information content (AvgIpc) is 3.49. The Balaban J connectivity index is 0.000000217. The number of carbonyl (C=O) groups excluding carboxylic acids is 3. The van der Waals surface area contributed by atoms with Crippen LogP contribution in [0, 0.1) is 0 Å². The van der Waals surface area contributed by atoms with Gasteiger partial charge in [0.2, 0.25) is 0 Å². The monoisotopic (exact) mass is 1050 g/mol. The molecular weight excluding hydrogens is 977 g/mol. The van der Waals surface area contributed by atoms with Crippen LogP contribution in [0.5, 0.6) is 34.5 Å². The lowest BCUT2D eigenvalue weighted by Gasteiger charge is -2.10. The Morgan fingerprint density at radius 1 is 0.359 bits per heavy atom. The van der Waals surface area contributed by atoms with Crippen LogP contribution in [0.15, 0.2) is 188 Å². The highest BCUT2D eigenvalue weighted by Gasteiger charge is 2.08. The topological polar surface area (TPSA) is 116 Å². The fourth-order valence-corrected chi connectivity index (χ4v) is 7.47. The maximum absolute atomic E-state index is 12.1. The molecule has 0 aliphatic heterocycles. The molecule has 0 aliphatic carbocycles. The van der Waals surface area contributed by atoms with Crippen molar-refractivity contribution in [2.45, 2.75) is 78.6 Å².